The van der Waals surface area contributed by atoms with Crippen LogP contribution in [0.2, 0.25) is 0 Å². The van der Waals surface area contributed by atoms with Crippen LogP contribution >= 0.6 is 11.8 Å². The fourth-order valence-electron chi connectivity index (χ4n) is 1.95. The lowest BCUT2D eigenvalue weighted by molar-refractivity contribution is -0.130. The molecule has 1 aliphatic rings. The highest BCUT2D eigenvalue weighted by Gasteiger charge is 2.23. The number of benzene rings is 1. The Labute approximate surface area is 114 Å². The fourth-order valence-corrected chi connectivity index (χ4v) is 2.81. The summed E-state index contributed by atoms with van der Waals surface area (Å²) in [7, 11) is 0. The molecule has 0 unspecified atom stereocenters. The highest BCUT2D eigenvalue weighted by atomic mass is 32.2. The smallest absolute Gasteiger partial charge is 0.223 e. The quantitative estimate of drug-likeness (QED) is 0.862. The van der Waals surface area contributed by atoms with Gasteiger partial charge in [-0.25, -0.2) is 8.78 Å². The van der Waals surface area contributed by atoms with E-state index < -0.39 is 17.7 Å². The van der Waals surface area contributed by atoms with Gasteiger partial charge in [-0.2, -0.15) is 0 Å². The topological polar surface area (TPSA) is 40.5 Å². The van der Waals surface area contributed by atoms with Gasteiger partial charge in [-0.05, 0) is 24.6 Å². The molecule has 1 aromatic carbocycles. The van der Waals surface area contributed by atoms with E-state index in [1.807, 2.05) is 0 Å². The second-order valence-electron chi connectivity index (χ2n) is 4.46. The first-order chi connectivity index (χ1) is 9.06. The second-order valence-corrected chi connectivity index (χ2v) is 5.62. The minimum Gasteiger partial charge on any atom is -0.391 e. The summed E-state index contributed by atoms with van der Waals surface area (Å²) in [6.07, 6.45) is 0.543. The van der Waals surface area contributed by atoms with E-state index in [-0.39, 0.29) is 5.91 Å². The molecular weight excluding hydrogens is 272 g/mol. The number of hydrogen-bond donors (Lipinski definition) is 1. The summed E-state index contributed by atoms with van der Waals surface area (Å²) in [6, 6.07) is 3.70. The molecule has 1 heterocycles. The molecule has 1 saturated heterocycles. The van der Waals surface area contributed by atoms with Crippen molar-refractivity contribution in [3.8, 4) is 0 Å². The van der Waals surface area contributed by atoms with Crippen LogP contribution < -0.4 is 0 Å². The summed E-state index contributed by atoms with van der Waals surface area (Å²) in [5.74, 6) is -1.24. The number of aliphatic hydroxyl groups is 1. The van der Waals surface area contributed by atoms with Crippen molar-refractivity contribution in [3.05, 3.63) is 29.8 Å². The summed E-state index contributed by atoms with van der Waals surface area (Å²) in [4.78, 5) is 14.0. The molecule has 0 radical (unpaired) electrons. The summed E-state index contributed by atoms with van der Waals surface area (Å²) >= 11 is 1.31. The lowest BCUT2D eigenvalue weighted by Gasteiger charge is -2.15. The van der Waals surface area contributed by atoms with Crippen LogP contribution in [0.25, 0.3) is 0 Å². The lowest BCUT2D eigenvalue weighted by Crippen LogP contribution is -2.29. The van der Waals surface area contributed by atoms with Gasteiger partial charge in [0, 0.05) is 30.2 Å². The Morgan fingerprint density at radius 3 is 2.84 bits per heavy atom. The minimum absolute atomic E-state index is 0.00775. The number of thioether (sulfide) groups is 1. The average Bonchev–Trinajstić information content (AvgIpc) is 2.80. The maximum Gasteiger partial charge on any atom is 0.223 e. The van der Waals surface area contributed by atoms with Crippen molar-refractivity contribution in [2.24, 2.45) is 0 Å². The molecule has 2 rings (SSSR count). The van der Waals surface area contributed by atoms with Crippen molar-refractivity contribution >= 4 is 17.7 Å². The van der Waals surface area contributed by atoms with E-state index in [4.69, 9.17) is 0 Å². The number of amides is 1. The van der Waals surface area contributed by atoms with E-state index in [0.29, 0.717) is 36.6 Å². The molecule has 1 amide bonds. The third-order valence-electron chi connectivity index (χ3n) is 2.99. The number of likely N-dealkylation sites (tertiary alicyclic amines) is 1. The van der Waals surface area contributed by atoms with Crippen molar-refractivity contribution in [2.45, 2.75) is 23.8 Å². The van der Waals surface area contributed by atoms with Gasteiger partial charge in [0.2, 0.25) is 5.91 Å². The standard InChI is InChI=1S/C13H15F2NO2S/c14-11-2-1-10(7-12(11)15)19-6-4-13(18)16-5-3-9(17)8-16/h1-2,7,9,17H,3-6,8H2/t9-/m0/s1. The molecule has 0 aromatic heterocycles. The summed E-state index contributed by atoms with van der Waals surface area (Å²) in [5.41, 5.74) is 0. The zero-order chi connectivity index (χ0) is 13.8. The van der Waals surface area contributed by atoms with Crippen molar-refractivity contribution in [1.29, 1.82) is 0 Å². The van der Waals surface area contributed by atoms with Gasteiger partial charge in [0.25, 0.3) is 0 Å². The summed E-state index contributed by atoms with van der Waals surface area (Å²) in [6.45, 7) is 0.991. The average molecular weight is 287 g/mol. The Bertz CT molecular complexity index is 470. The Balaban J connectivity index is 1.77. The third kappa shape index (κ3) is 3.91. The van der Waals surface area contributed by atoms with Gasteiger partial charge in [0.1, 0.15) is 0 Å². The Kier molecular flexibility index (Phi) is 4.76. The summed E-state index contributed by atoms with van der Waals surface area (Å²) < 4.78 is 25.7. The highest BCUT2D eigenvalue weighted by Crippen LogP contribution is 2.21. The Morgan fingerprint density at radius 2 is 2.21 bits per heavy atom. The monoisotopic (exact) mass is 287 g/mol. The van der Waals surface area contributed by atoms with Crippen LogP contribution in [0, 0.1) is 11.6 Å². The van der Waals surface area contributed by atoms with Crippen LogP contribution in [-0.2, 0) is 4.79 Å². The first-order valence-corrected chi connectivity index (χ1v) is 7.08. The SMILES string of the molecule is O=C(CCSc1ccc(F)c(F)c1)N1CC[C@H](O)C1. The Hall–Kier alpha value is -1.14. The van der Waals surface area contributed by atoms with Crippen LogP contribution in [0.4, 0.5) is 8.78 Å². The molecule has 1 fully saturated rings. The molecule has 0 spiro atoms. The molecule has 1 aromatic rings. The number of carbonyl (C=O) groups is 1. The Morgan fingerprint density at radius 1 is 1.42 bits per heavy atom. The van der Waals surface area contributed by atoms with Crippen LogP contribution in [-0.4, -0.2) is 40.9 Å². The number of aliphatic hydroxyl groups excluding tert-OH is 1. The zero-order valence-corrected chi connectivity index (χ0v) is 11.1. The molecule has 3 nitrogen and oxygen atoms in total. The molecule has 1 atom stereocenters. The van der Waals surface area contributed by atoms with Crippen molar-refractivity contribution < 1.29 is 18.7 Å². The lowest BCUT2D eigenvalue weighted by atomic mass is 10.3. The van der Waals surface area contributed by atoms with Crippen LogP contribution in [0.3, 0.4) is 0 Å². The van der Waals surface area contributed by atoms with E-state index >= 15 is 0 Å². The van der Waals surface area contributed by atoms with Gasteiger partial charge in [-0.15, -0.1) is 11.8 Å². The molecule has 0 saturated carbocycles. The first-order valence-electron chi connectivity index (χ1n) is 6.10. The molecule has 1 N–H and O–H groups in total. The van der Waals surface area contributed by atoms with Gasteiger partial charge in [-0.1, -0.05) is 0 Å². The van der Waals surface area contributed by atoms with Crippen molar-refractivity contribution in [1.82, 2.24) is 4.90 Å². The van der Waals surface area contributed by atoms with Gasteiger partial charge >= 0.3 is 0 Å². The number of nitrogens with zero attached hydrogens (tertiary/aromatic N) is 1. The minimum atomic E-state index is -0.876. The van der Waals surface area contributed by atoms with Gasteiger partial charge in [-0.3, -0.25) is 4.79 Å². The van der Waals surface area contributed by atoms with Gasteiger partial charge < -0.3 is 10.0 Å². The predicted octanol–water partition coefficient (Wildman–Crippen LogP) is 2.04. The van der Waals surface area contributed by atoms with Gasteiger partial charge in [0.05, 0.1) is 6.10 Å². The normalized spacial score (nSPS) is 18.9. The van der Waals surface area contributed by atoms with Crippen LogP contribution in [0.1, 0.15) is 12.8 Å². The largest absolute Gasteiger partial charge is 0.391 e. The molecule has 6 heteroatoms. The number of β-amino-alcohol motifs (C(OH)–C–C–N with tert-alkyl or cyclic N) is 1. The second kappa shape index (κ2) is 6.34. The van der Waals surface area contributed by atoms with Crippen LogP contribution in [0.5, 0.6) is 0 Å². The number of hydrogen-bond acceptors (Lipinski definition) is 3. The van der Waals surface area contributed by atoms with Crippen molar-refractivity contribution in [2.75, 3.05) is 18.8 Å². The molecule has 19 heavy (non-hydrogen) atoms. The molecule has 0 aliphatic carbocycles. The van der Waals surface area contributed by atoms with Crippen molar-refractivity contribution in [3.63, 3.8) is 0 Å². The van der Waals surface area contributed by atoms with E-state index in [0.717, 1.165) is 12.1 Å². The van der Waals surface area contributed by atoms with Crippen LogP contribution in [0.15, 0.2) is 23.1 Å². The molecule has 104 valence electrons. The summed E-state index contributed by atoms with van der Waals surface area (Å²) in [5, 5.41) is 9.33. The fraction of sp³-hybridized carbons (Fsp3) is 0.462. The molecular formula is C13H15F2NO2S. The number of carbonyl (C=O) groups excluding carboxylic acids is 1. The number of halogens is 2. The van der Waals surface area contributed by atoms with E-state index in [1.165, 1.54) is 17.8 Å². The van der Waals surface area contributed by atoms with E-state index in [9.17, 15) is 18.7 Å². The molecule has 1 aliphatic heterocycles. The maximum atomic E-state index is 13.0. The maximum absolute atomic E-state index is 13.0. The third-order valence-corrected chi connectivity index (χ3v) is 3.99. The number of rotatable bonds is 4. The van der Waals surface area contributed by atoms with Gasteiger partial charge in [0.15, 0.2) is 11.6 Å². The highest BCUT2D eigenvalue weighted by molar-refractivity contribution is 7.99. The zero-order valence-electron chi connectivity index (χ0n) is 10.3. The predicted molar refractivity (Wildman–Crippen MR) is 68.9 cm³/mol. The first kappa shape index (κ1) is 14.3. The van der Waals surface area contributed by atoms with E-state index in [2.05, 4.69) is 0 Å². The molecule has 0 bridgehead atoms. The van der Waals surface area contributed by atoms with E-state index in [1.54, 1.807) is 4.90 Å².